The standard InChI is InChI=1S/C11H22N2O/c1-2-3-4-6-10(13-12)9-11-7-5-8-14-11/h2,10-11,13H,1,3-9,12H2. The average Bonchev–Trinajstić information content (AvgIpc) is 2.69. The zero-order chi connectivity index (χ0) is 10.2. The van der Waals surface area contributed by atoms with Crippen LogP contribution in [-0.4, -0.2) is 18.8 Å². The smallest absolute Gasteiger partial charge is 0.0591 e. The van der Waals surface area contributed by atoms with E-state index in [1.807, 2.05) is 6.08 Å². The van der Waals surface area contributed by atoms with Crippen molar-refractivity contribution in [3.05, 3.63) is 12.7 Å². The van der Waals surface area contributed by atoms with Crippen LogP contribution in [0.4, 0.5) is 0 Å². The molecule has 1 saturated heterocycles. The van der Waals surface area contributed by atoms with Gasteiger partial charge < -0.3 is 4.74 Å². The molecular formula is C11H22N2O. The molecular weight excluding hydrogens is 176 g/mol. The van der Waals surface area contributed by atoms with Crippen molar-refractivity contribution in [2.45, 2.75) is 50.7 Å². The van der Waals surface area contributed by atoms with Crippen LogP contribution in [0.1, 0.15) is 38.5 Å². The molecule has 0 bridgehead atoms. The number of hydrazine groups is 1. The molecule has 0 aromatic carbocycles. The van der Waals surface area contributed by atoms with Gasteiger partial charge in [0, 0.05) is 12.6 Å². The number of nitrogens with one attached hydrogen (secondary N) is 1. The van der Waals surface area contributed by atoms with Gasteiger partial charge in [-0.25, -0.2) is 0 Å². The summed E-state index contributed by atoms with van der Waals surface area (Å²) < 4.78 is 5.58. The number of rotatable bonds is 7. The zero-order valence-corrected chi connectivity index (χ0v) is 8.87. The summed E-state index contributed by atoms with van der Waals surface area (Å²) in [6.07, 6.45) is 9.18. The van der Waals surface area contributed by atoms with E-state index in [4.69, 9.17) is 10.6 Å². The predicted octanol–water partition coefficient (Wildman–Crippen LogP) is 1.74. The first-order valence-corrected chi connectivity index (χ1v) is 5.55. The van der Waals surface area contributed by atoms with Crippen LogP contribution in [0, 0.1) is 0 Å². The van der Waals surface area contributed by atoms with E-state index in [1.54, 1.807) is 0 Å². The van der Waals surface area contributed by atoms with E-state index in [2.05, 4.69) is 12.0 Å². The molecule has 2 unspecified atom stereocenters. The zero-order valence-electron chi connectivity index (χ0n) is 8.87. The van der Waals surface area contributed by atoms with Crippen LogP contribution in [0.5, 0.6) is 0 Å². The third-order valence-electron chi connectivity index (χ3n) is 2.77. The Morgan fingerprint density at radius 1 is 1.64 bits per heavy atom. The Kier molecular flexibility index (Phi) is 5.83. The molecule has 0 amide bonds. The van der Waals surface area contributed by atoms with Crippen molar-refractivity contribution in [1.82, 2.24) is 5.43 Å². The van der Waals surface area contributed by atoms with Gasteiger partial charge in [0.25, 0.3) is 0 Å². The summed E-state index contributed by atoms with van der Waals surface area (Å²) in [6, 6.07) is 0.401. The molecule has 3 heteroatoms. The van der Waals surface area contributed by atoms with Crippen molar-refractivity contribution < 1.29 is 4.74 Å². The molecule has 0 spiro atoms. The maximum Gasteiger partial charge on any atom is 0.0591 e. The van der Waals surface area contributed by atoms with Crippen LogP contribution >= 0.6 is 0 Å². The Morgan fingerprint density at radius 2 is 2.50 bits per heavy atom. The molecule has 0 radical (unpaired) electrons. The van der Waals surface area contributed by atoms with Gasteiger partial charge in [0.05, 0.1) is 6.10 Å². The maximum atomic E-state index is 5.58. The normalized spacial score (nSPS) is 23.6. The van der Waals surface area contributed by atoms with E-state index in [9.17, 15) is 0 Å². The second kappa shape index (κ2) is 6.98. The highest BCUT2D eigenvalue weighted by molar-refractivity contribution is 4.75. The minimum Gasteiger partial charge on any atom is -0.378 e. The van der Waals surface area contributed by atoms with Gasteiger partial charge in [0.15, 0.2) is 0 Å². The third kappa shape index (κ3) is 4.22. The first kappa shape index (κ1) is 11.7. The second-order valence-electron chi connectivity index (χ2n) is 3.95. The van der Waals surface area contributed by atoms with Gasteiger partial charge in [0.2, 0.25) is 0 Å². The van der Waals surface area contributed by atoms with Crippen LogP contribution in [-0.2, 0) is 4.74 Å². The fraction of sp³-hybridized carbons (Fsp3) is 0.818. The summed E-state index contributed by atoms with van der Waals surface area (Å²) >= 11 is 0. The topological polar surface area (TPSA) is 47.3 Å². The second-order valence-corrected chi connectivity index (χ2v) is 3.95. The highest BCUT2D eigenvalue weighted by atomic mass is 16.5. The predicted molar refractivity (Wildman–Crippen MR) is 58.8 cm³/mol. The Labute approximate surface area is 86.7 Å². The van der Waals surface area contributed by atoms with Crippen LogP contribution in [0.25, 0.3) is 0 Å². The molecule has 0 aromatic heterocycles. The number of unbranched alkanes of at least 4 members (excludes halogenated alkanes) is 1. The lowest BCUT2D eigenvalue weighted by molar-refractivity contribution is 0.0934. The Hall–Kier alpha value is -0.380. The van der Waals surface area contributed by atoms with Gasteiger partial charge in [-0.3, -0.25) is 11.3 Å². The summed E-state index contributed by atoms with van der Waals surface area (Å²) in [5, 5.41) is 0. The van der Waals surface area contributed by atoms with E-state index < -0.39 is 0 Å². The molecule has 1 fully saturated rings. The largest absolute Gasteiger partial charge is 0.378 e. The maximum absolute atomic E-state index is 5.58. The average molecular weight is 198 g/mol. The monoisotopic (exact) mass is 198 g/mol. The number of ether oxygens (including phenoxy) is 1. The highest BCUT2D eigenvalue weighted by Crippen LogP contribution is 2.18. The third-order valence-corrected chi connectivity index (χ3v) is 2.77. The molecule has 0 saturated carbocycles. The highest BCUT2D eigenvalue weighted by Gasteiger charge is 2.19. The summed E-state index contributed by atoms with van der Waals surface area (Å²) in [6.45, 7) is 4.64. The van der Waals surface area contributed by atoms with Crippen molar-refractivity contribution >= 4 is 0 Å². The summed E-state index contributed by atoms with van der Waals surface area (Å²) in [4.78, 5) is 0. The minimum absolute atomic E-state index is 0.401. The number of hydrogen-bond donors (Lipinski definition) is 2. The van der Waals surface area contributed by atoms with E-state index in [1.165, 1.54) is 12.8 Å². The van der Waals surface area contributed by atoms with Crippen molar-refractivity contribution in [2.24, 2.45) is 5.84 Å². The fourth-order valence-corrected chi connectivity index (χ4v) is 1.93. The first-order valence-electron chi connectivity index (χ1n) is 5.55. The van der Waals surface area contributed by atoms with Crippen molar-refractivity contribution in [1.29, 1.82) is 0 Å². The molecule has 1 aliphatic rings. The summed E-state index contributed by atoms with van der Waals surface area (Å²) in [5.74, 6) is 5.50. The van der Waals surface area contributed by atoms with Crippen molar-refractivity contribution in [2.75, 3.05) is 6.61 Å². The van der Waals surface area contributed by atoms with Crippen molar-refractivity contribution in [3.63, 3.8) is 0 Å². The molecule has 1 aliphatic heterocycles. The number of hydrogen-bond acceptors (Lipinski definition) is 3. The minimum atomic E-state index is 0.401. The quantitative estimate of drug-likeness (QED) is 0.283. The van der Waals surface area contributed by atoms with E-state index >= 15 is 0 Å². The van der Waals surface area contributed by atoms with E-state index in [0.717, 1.165) is 32.3 Å². The Morgan fingerprint density at radius 3 is 3.07 bits per heavy atom. The fourth-order valence-electron chi connectivity index (χ4n) is 1.93. The summed E-state index contributed by atoms with van der Waals surface area (Å²) in [7, 11) is 0. The van der Waals surface area contributed by atoms with Gasteiger partial charge in [-0.15, -0.1) is 6.58 Å². The number of nitrogens with two attached hydrogens (primary N) is 1. The lowest BCUT2D eigenvalue weighted by atomic mass is 10.0. The van der Waals surface area contributed by atoms with Crippen LogP contribution < -0.4 is 11.3 Å². The first-order chi connectivity index (χ1) is 6.86. The van der Waals surface area contributed by atoms with E-state index in [-0.39, 0.29) is 0 Å². The van der Waals surface area contributed by atoms with Crippen molar-refractivity contribution in [3.8, 4) is 0 Å². The van der Waals surface area contributed by atoms with Gasteiger partial charge in [-0.05, 0) is 38.5 Å². The molecule has 14 heavy (non-hydrogen) atoms. The lowest BCUT2D eigenvalue weighted by Gasteiger charge is -2.19. The van der Waals surface area contributed by atoms with E-state index in [0.29, 0.717) is 12.1 Å². The molecule has 2 atom stereocenters. The molecule has 0 aromatic rings. The van der Waals surface area contributed by atoms with Gasteiger partial charge >= 0.3 is 0 Å². The molecule has 3 N–H and O–H groups in total. The molecule has 3 nitrogen and oxygen atoms in total. The van der Waals surface area contributed by atoms with Gasteiger partial charge in [-0.1, -0.05) is 6.08 Å². The molecule has 82 valence electrons. The van der Waals surface area contributed by atoms with Crippen LogP contribution in [0.3, 0.4) is 0 Å². The Bertz CT molecular complexity index is 155. The SMILES string of the molecule is C=CCCCC(CC1CCCO1)NN. The summed E-state index contributed by atoms with van der Waals surface area (Å²) in [5.41, 5.74) is 2.87. The Balaban J connectivity index is 2.13. The van der Waals surface area contributed by atoms with Gasteiger partial charge in [0.1, 0.15) is 0 Å². The lowest BCUT2D eigenvalue weighted by Crippen LogP contribution is -2.37. The molecule has 1 heterocycles. The number of allylic oxidation sites excluding steroid dienone is 1. The molecule has 1 rings (SSSR count). The van der Waals surface area contributed by atoms with Crippen LogP contribution in [0.15, 0.2) is 12.7 Å². The molecule has 0 aliphatic carbocycles. The van der Waals surface area contributed by atoms with Crippen LogP contribution in [0.2, 0.25) is 0 Å². The van der Waals surface area contributed by atoms with Gasteiger partial charge in [-0.2, -0.15) is 0 Å².